The minimum Gasteiger partial charge on any atom is -0.494 e. The van der Waals surface area contributed by atoms with E-state index in [9.17, 15) is 13.2 Å². The lowest BCUT2D eigenvalue weighted by atomic mass is 10.3. The van der Waals surface area contributed by atoms with Crippen molar-refractivity contribution < 1.29 is 27.2 Å². The van der Waals surface area contributed by atoms with Crippen molar-refractivity contribution in [1.29, 1.82) is 0 Å². The summed E-state index contributed by atoms with van der Waals surface area (Å²) in [5.74, 6) is 0.942. The molecule has 0 spiro atoms. The van der Waals surface area contributed by atoms with Crippen molar-refractivity contribution in [3.05, 3.63) is 59.8 Å². The van der Waals surface area contributed by atoms with Crippen molar-refractivity contribution >= 4 is 27.5 Å². The van der Waals surface area contributed by atoms with Crippen LogP contribution >= 0.6 is 0 Å². The van der Waals surface area contributed by atoms with Crippen LogP contribution in [0.3, 0.4) is 0 Å². The highest BCUT2D eigenvalue weighted by Gasteiger charge is 2.20. The molecule has 1 aromatic heterocycles. The molecule has 0 saturated carbocycles. The van der Waals surface area contributed by atoms with Crippen LogP contribution in [0.25, 0.3) is 0 Å². The summed E-state index contributed by atoms with van der Waals surface area (Å²) in [6.07, 6.45) is -0.768. The lowest BCUT2D eigenvalue weighted by Gasteiger charge is -2.15. The molecular weight excluding hydrogens is 434 g/mol. The van der Waals surface area contributed by atoms with E-state index in [0.29, 0.717) is 29.3 Å². The van der Waals surface area contributed by atoms with E-state index in [-0.39, 0.29) is 16.7 Å². The second kappa shape index (κ2) is 9.73. The fraction of sp³-hybridized carbons (Fsp3) is 0.273. The van der Waals surface area contributed by atoms with E-state index in [2.05, 4.69) is 15.2 Å². The number of nitrogens with one attached hydrogen (secondary N) is 2. The number of ether oxygens (including phenoxy) is 2. The number of hydrogen-bond donors (Lipinski definition) is 2. The molecule has 0 fully saturated rings. The first-order valence-electron chi connectivity index (χ1n) is 9.95. The number of benzene rings is 2. The Morgan fingerprint density at radius 2 is 1.69 bits per heavy atom. The van der Waals surface area contributed by atoms with E-state index in [1.807, 2.05) is 6.92 Å². The summed E-state index contributed by atoms with van der Waals surface area (Å²) in [6.45, 7) is 7.51. The summed E-state index contributed by atoms with van der Waals surface area (Å²) >= 11 is 0. The smallest absolute Gasteiger partial charge is 0.265 e. The molecule has 2 N–H and O–H groups in total. The molecular formula is C22H25N3O6S. The highest BCUT2D eigenvalue weighted by molar-refractivity contribution is 7.92. The molecule has 1 atom stereocenters. The van der Waals surface area contributed by atoms with Gasteiger partial charge in [0, 0.05) is 11.3 Å². The number of nitrogens with zero attached hydrogens (tertiary/aromatic N) is 1. The molecule has 32 heavy (non-hydrogen) atoms. The predicted octanol–water partition coefficient (Wildman–Crippen LogP) is 3.90. The molecule has 0 bridgehead atoms. The molecule has 9 nitrogen and oxygen atoms in total. The van der Waals surface area contributed by atoms with Crippen LogP contribution in [-0.2, 0) is 14.8 Å². The first kappa shape index (κ1) is 23.1. The van der Waals surface area contributed by atoms with E-state index in [0.717, 1.165) is 5.75 Å². The van der Waals surface area contributed by atoms with Gasteiger partial charge in [-0.25, -0.2) is 13.1 Å². The number of anilines is 2. The molecule has 2 aromatic carbocycles. The average molecular weight is 460 g/mol. The van der Waals surface area contributed by atoms with Gasteiger partial charge < -0.3 is 19.3 Å². The first-order valence-corrected chi connectivity index (χ1v) is 11.4. The number of amides is 1. The fourth-order valence-electron chi connectivity index (χ4n) is 2.69. The van der Waals surface area contributed by atoms with Gasteiger partial charge in [0.2, 0.25) is 5.88 Å². The number of hydrogen-bond acceptors (Lipinski definition) is 7. The molecule has 1 unspecified atom stereocenters. The molecule has 1 amide bonds. The van der Waals surface area contributed by atoms with Crippen molar-refractivity contribution in [2.24, 2.45) is 0 Å². The minimum absolute atomic E-state index is 0.0163. The highest BCUT2D eigenvalue weighted by atomic mass is 32.2. The molecule has 0 aliphatic rings. The van der Waals surface area contributed by atoms with Gasteiger partial charge in [0.05, 0.1) is 17.2 Å². The van der Waals surface area contributed by atoms with Gasteiger partial charge in [-0.1, -0.05) is 5.16 Å². The number of rotatable bonds is 9. The second-order valence-electron chi connectivity index (χ2n) is 7.01. The zero-order chi connectivity index (χ0) is 23.3. The Balaban J connectivity index is 1.60. The van der Waals surface area contributed by atoms with Gasteiger partial charge >= 0.3 is 0 Å². The number of aromatic nitrogens is 1. The molecule has 10 heteroatoms. The SMILES string of the molecule is CCOc1ccc(OC(C)C(=O)Nc2ccc(S(=O)(=O)Nc3onc(C)c3C)cc2)cc1. The zero-order valence-electron chi connectivity index (χ0n) is 18.2. The van der Waals surface area contributed by atoms with Crippen LogP contribution in [0, 0.1) is 13.8 Å². The second-order valence-corrected chi connectivity index (χ2v) is 8.69. The van der Waals surface area contributed by atoms with Gasteiger partial charge in [0.1, 0.15) is 11.5 Å². The van der Waals surface area contributed by atoms with Gasteiger partial charge in [0.15, 0.2) is 6.10 Å². The molecule has 0 saturated heterocycles. The van der Waals surface area contributed by atoms with Crippen molar-refractivity contribution in [3.63, 3.8) is 0 Å². The van der Waals surface area contributed by atoms with Crippen LogP contribution in [0.5, 0.6) is 11.5 Å². The van der Waals surface area contributed by atoms with Gasteiger partial charge in [-0.15, -0.1) is 0 Å². The van der Waals surface area contributed by atoms with Crippen LogP contribution in [-0.4, -0.2) is 32.2 Å². The largest absolute Gasteiger partial charge is 0.494 e. The molecule has 0 aliphatic carbocycles. The van der Waals surface area contributed by atoms with Gasteiger partial charge in [0.25, 0.3) is 15.9 Å². The van der Waals surface area contributed by atoms with Crippen LogP contribution < -0.4 is 19.5 Å². The van der Waals surface area contributed by atoms with Gasteiger partial charge in [-0.05, 0) is 76.2 Å². The third-order valence-electron chi connectivity index (χ3n) is 4.63. The topological polar surface area (TPSA) is 120 Å². The fourth-order valence-corrected chi connectivity index (χ4v) is 3.74. The lowest BCUT2D eigenvalue weighted by Crippen LogP contribution is -2.30. The van der Waals surface area contributed by atoms with E-state index in [4.69, 9.17) is 14.0 Å². The molecule has 3 rings (SSSR count). The predicted molar refractivity (Wildman–Crippen MR) is 120 cm³/mol. The van der Waals surface area contributed by atoms with Gasteiger partial charge in [-0.3, -0.25) is 4.79 Å². The maximum atomic E-state index is 12.6. The van der Waals surface area contributed by atoms with Crippen molar-refractivity contribution in [2.45, 2.75) is 38.7 Å². The number of sulfonamides is 1. The van der Waals surface area contributed by atoms with E-state index >= 15 is 0 Å². The van der Waals surface area contributed by atoms with E-state index in [1.54, 1.807) is 45.0 Å². The summed E-state index contributed by atoms with van der Waals surface area (Å²) in [7, 11) is -3.86. The van der Waals surface area contributed by atoms with Crippen molar-refractivity contribution in [1.82, 2.24) is 5.16 Å². The van der Waals surface area contributed by atoms with Gasteiger partial charge in [-0.2, -0.15) is 0 Å². The highest BCUT2D eigenvalue weighted by Crippen LogP contribution is 2.23. The first-order chi connectivity index (χ1) is 15.2. The quantitative estimate of drug-likeness (QED) is 0.498. The Hall–Kier alpha value is -3.53. The van der Waals surface area contributed by atoms with Crippen LogP contribution in [0.2, 0.25) is 0 Å². The monoisotopic (exact) mass is 459 g/mol. The van der Waals surface area contributed by atoms with Crippen molar-refractivity contribution in [3.8, 4) is 11.5 Å². The number of carbonyl (C=O) groups is 1. The number of aryl methyl sites for hydroxylation is 1. The Bertz CT molecular complexity index is 1170. The standard InChI is InChI=1S/C22H25N3O6S/c1-5-29-18-8-10-19(11-9-18)30-16(4)21(26)23-17-6-12-20(13-7-17)32(27,28)25-22-14(2)15(3)24-31-22/h6-13,16,25H,5H2,1-4H3,(H,23,26). The maximum Gasteiger partial charge on any atom is 0.265 e. The minimum atomic E-state index is -3.86. The summed E-state index contributed by atoms with van der Waals surface area (Å²) in [5, 5.41) is 6.43. The maximum absolute atomic E-state index is 12.6. The molecule has 0 aliphatic heterocycles. The average Bonchev–Trinajstić information content (AvgIpc) is 3.07. The Morgan fingerprint density at radius 1 is 1.06 bits per heavy atom. The summed E-state index contributed by atoms with van der Waals surface area (Å²) in [4.78, 5) is 12.5. The van der Waals surface area contributed by atoms with E-state index in [1.165, 1.54) is 24.3 Å². The molecule has 0 radical (unpaired) electrons. The van der Waals surface area contributed by atoms with Crippen LogP contribution in [0.15, 0.2) is 57.9 Å². The normalized spacial score (nSPS) is 12.1. The summed E-state index contributed by atoms with van der Waals surface area (Å²) < 4.78 is 43.5. The Morgan fingerprint density at radius 3 is 2.25 bits per heavy atom. The lowest BCUT2D eigenvalue weighted by molar-refractivity contribution is -0.122. The Labute approximate surface area is 186 Å². The molecule has 1 heterocycles. The summed E-state index contributed by atoms with van der Waals surface area (Å²) in [5.41, 5.74) is 1.64. The van der Waals surface area contributed by atoms with Crippen LogP contribution in [0.1, 0.15) is 25.1 Å². The van der Waals surface area contributed by atoms with Crippen LogP contribution in [0.4, 0.5) is 11.6 Å². The third-order valence-corrected chi connectivity index (χ3v) is 5.98. The Kier molecular flexibility index (Phi) is 7.04. The third kappa shape index (κ3) is 5.58. The summed E-state index contributed by atoms with van der Waals surface area (Å²) in [6, 6.07) is 12.7. The molecule has 170 valence electrons. The number of carbonyl (C=O) groups excluding carboxylic acids is 1. The van der Waals surface area contributed by atoms with Crippen molar-refractivity contribution in [2.75, 3.05) is 16.6 Å². The van der Waals surface area contributed by atoms with E-state index < -0.39 is 16.1 Å². The molecule has 3 aromatic rings. The zero-order valence-corrected chi connectivity index (χ0v) is 19.0.